The van der Waals surface area contributed by atoms with Gasteiger partial charge >= 0.3 is 0 Å². The Bertz CT molecular complexity index is 323. The van der Waals surface area contributed by atoms with Gasteiger partial charge in [-0.05, 0) is 55.7 Å². The molecule has 1 nitrogen and oxygen atoms in total. The minimum absolute atomic E-state index is 0.434. The Balaban J connectivity index is 1.89. The van der Waals surface area contributed by atoms with Crippen LogP contribution in [0.25, 0.3) is 0 Å². The standard InChI is InChI=1S/C16H25N/c1-16(2,12-14-6-4-3-5-7-14)13-15-8-10-17-11-9-15/h3-7,15,17H,8-13H2,1-2H3. The van der Waals surface area contributed by atoms with Gasteiger partial charge in [-0.25, -0.2) is 0 Å². The number of hydrogen-bond donors (Lipinski definition) is 1. The van der Waals surface area contributed by atoms with Gasteiger partial charge in [0.25, 0.3) is 0 Å². The normalized spacial score (nSPS) is 18.2. The predicted molar refractivity (Wildman–Crippen MR) is 74.1 cm³/mol. The van der Waals surface area contributed by atoms with Crippen molar-refractivity contribution in [3.05, 3.63) is 35.9 Å². The second kappa shape index (κ2) is 5.68. The minimum Gasteiger partial charge on any atom is -0.317 e. The van der Waals surface area contributed by atoms with Crippen molar-refractivity contribution in [3.8, 4) is 0 Å². The summed E-state index contributed by atoms with van der Waals surface area (Å²) in [4.78, 5) is 0. The summed E-state index contributed by atoms with van der Waals surface area (Å²) in [5.41, 5.74) is 1.91. The first kappa shape index (κ1) is 12.6. The molecule has 1 saturated heterocycles. The first-order valence-corrected chi connectivity index (χ1v) is 6.90. The summed E-state index contributed by atoms with van der Waals surface area (Å²) in [6, 6.07) is 10.9. The van der Waals surface area contributed by atoms with Gasteiger partial charge in [0.1, 0.15) is 0 Å². The SMILES string of the molecule is CC(C)(Cc1ccccc1)CC1CCNCC1. The zero-order valence-electron chi connectivity index (χ0n) is 11.2. The maximum absolute atomic E-state index is 3.45. The van der Waals surface area contributed by atoms with Crippen molar-refractivity contribution < 1.29 is 0 Å². The van der Waals surface area contributed by atoms with E-state index in [1.807, 2.05) is 0 Å². The van der Waals surface area contributed by atoms with Gasteiger partial charge in [-0.1, -0.05) is 44.2 Å². The summed E-state index contributed by atoms with van der Waals surface area (Å²) in [5.74, 6) is 0.926. The van der Waals surface area contributed by atoms with Gasteiger partial charge in [0, 0.05) is 0 Å². The van der Waals surface area contributed by atoms with Crippen LogP contribution in [0.5, 0.6) is 0 Å². The number of piperidine rings is 1. The molecule has 1 aromatic carbocycles. The van der Waals surface area contributed by atoms with Crippen LogP contribution in [-0.2, 0) is 6.42 Å². The fraction of sp³-hybridized carbons (Fsp3) is 0.625. The Morgan fingerprint density at radius 3 is 2.41 bits per heavy atom. The van der Waals surface area contributed by atoms with Crippen LogP contribution in [0, 0.1) is 11.3 Å². The second-order valence-corrected chi connectivity index (χ2v) is 6.22. The molecule has 1 heterocycles. The summed E-state index contributed by atoms with van der Waals surface area (Å²) in [6.45, 7) is 7.27. The van der Waals surface area contributed by atoms with Gasteiger partial charge in [0.2, 0.25) is 0 Å². The van der Waals surface area contributed by atoms with Crippen LogP contribution in [0.2, 0.25) is 0 Å². The van der Waals surface area contributed by atoms with E-state index in [0.29, 0.717) is 5.41 Å². The highest BCUT2D eigenvalue weighted by molar-refractivity contribution is 5.16. The van der Waals surface area contributed by atoms with Crippen LogP contribution in [-0.4, -0.2) is 13.1 Å². The van der Waals surface area contributed by atoms with Crippen LogP contribution < -0.4 is 5.32 Å². The monoisotopic (exact) mass is 231 g/mol. The number of rotatable bonds is 4. The van der Waals surface area contributed by atoms with Crippen molar-refractivity contribution in [1.29, 1.82) is 0 Å². The Morgan fingerprint density at radius 2 is 1.76 bits per heavy atom. The van der Waals surface area contributed by atoms with Crippen molar-refractivity contribution in [2.45, 2.75) is 39.5 Å². The molecular weight excluding hydrogens is 206 g/mol. The lowest BCUT2D eigenvalue weighted by molar-refractivity contribution is 0.227. The van der Waals surface area contributed by atoms with Gasteiger partial charge in [0.15, 0.2) is 0 Å². The average Bonchev–Trinajstić information content (AvgIpc) is 2.30. The van der Waals surface area contributed by atoms with E-state index in [1.165, 1.54) is 44.3 Å². The maximum atomic E-state index is 3.45. The molecular formula is C16H25N. The molecule has 1 aliphatic rings. The molecule has 94 valence electrons. The third-order valence-corrected chi connectivity index (χ3v) is 3.83. The van der Waals surface area contributed by atoms with Crippen LogP contribution in [0.1, 0.15) is 38.7 Å². The molecule has 0 atom stereocenters. The van der Waals surface area contributed by atoms with E-state index in [4.69, 9.17) is 0 Å². The van der Waals surface area contributed by atoms with Crippen LogP contribution in [0.4, 0.5) is 0 Å². The van der Waals surface area contributed by atoms with E-state index in [-0.39, 0.29) is 0 Å². The molecule has 1 heteroatoms. The molecule has 1 aromatic rings. The smallest absolute Gasteiger partial charge is 0.00463 e. The molecule has 0 unspecified atom stereocenters. The number of nitrogens with one attached hydrogen (secondary N) is 1. The van der Waals surface area contributed by atoms with E-state index in [9.17, 15) is 0 Å². The molecule has 2 rings (SSSR count). The fourth-order valence-electron chi connectivity index (χ4n) is 3.09. The van der Waals surface area contributed by atoms with Crippen LogP contribution in [0.3, 0.4) is 0 Å². The Morgan fingerprint density at radius 1 is 1.12 bits per heavy atom. The van der Waals surface area contributed by atoms with Crippen molar-refractivity contribution in [2.75, 3.05) is 13.1 Å². The zero-order chi connectivity index (χ0) is 12.1. The molecule has 17 heavy (non-hydrogen) atoms. The highest BCUT2D eigenvalue weighted by atomic mass is 14.9. The van der Waals surface area contributed by atoms with Gasteiger partial charge in [0.05, 0.1) is 0 Å². The fourth-order valence-corrected chi connectivity index (χ4v) is 3.09. The quantitative estimate of drug-likeness (QED) is 0.834. The van der Waals surface area contributed by atoms with Crippen LogP contribution >= 0.6 is 0 Å². The summed E-state index contributed by atoms with van der Waals surface area (Å²) < 4.78 is 0. The molecule has 0 spiro atoms. The number of benzene rings is 1. The lowest BCUT2D eigenvalue weighted by Gasteiger charge is -2.32. The molecule has 0 aliphatic carbocycles. The predicted octanol–water partition coefficient (Wildman–Crippen LogP) is 3.65. The highest BCUT2D eigenvalue weighted by Crippen LogP contribution is 2.33. The topological polar surface area (TPSA) is 12.0 Å². The van der Waals surface area contributed by atoms with E-state index in [2.05, 4.69) is 49.5 Å². The minimum atomic E-state index is 0.434. The van der Waals surface area contributed by atoms with E-state index in [1.54, 1.807) is 0 Å². The Kier molecular flexibility index (Phi) is 4.22. The molecule has 1 aliphatic heterocycles. The second-order valence-electron chi connectivity index (χ2n) is 6.22. The summed E-state index contributed by atoms with van der Waals surface area (Å²) in [6.07, 6.45) is 5.29. The Hall–Kier alpha value is -0.820. The van der Waals surface area contributed by atoms with E-state index < -0.39 is 0 Å². The lowest BCUT2D eigenvalue weighted by Crippen LogP contribution is -2.31. The molecule has 0 bridgehead atoms. The van der Waals surface area contributed by atoms with Crippen molar-refractivity contribution >= 4 is 0 Å². The summed E-state index contributed by atoms with van der Waals surface area (Å²) >= 11 is 0. The Labute approximate surface area is 106 Å². The van der Waals surface area contributed by atoms with E-state index in [0.717, 1.165) is 5.92 Å². The zero-order valence-corrected chi connectivity index (χ0v) is 11.2. The van der Waals surface area contributed by atoms with Crippen molar-refractivity contribution in [2.24, 2.45) is 11.3 Å². The third-order valence-electron chi connectivity index (χ3n) is 3.83. The lowest BCUT2D eigenvalue weighted by atomic mass is 9.75. The van der Waals surface area contributed by atoms with Crippen LogP contribution in [0.15, 0.2) is 30.3 Å². The largest absolute Gasteiger partial charge is 0.317 e. The molecule has 0 saturated carbocycles. The van der Waals surface area contributed by atoms with E-state index >= 15 is 0 Å². The highest BCUT2D eigenvalue weighted by Gasteiger charge is 2.24. The summed E-state index contributed by atoms with van der Waals surface area (Å²) in [7, 11) is 0. The molecule has 1 N–H and O–H groups in total. The van der Waals surface area contributed by atoms with Gasteiger partial charge in [-0.3, -0.25) is 0 Å². The molecule has 1 fully saturated rings. The molecule has 0 radical (unpaired) electrons. The van der Waals surface area contributed by atoms with Crippen molar-refractivity contribution in [3.63, 3.8) is 0 Å². The molecule has 0 amide bonds. The van der Waals surface area contributed by atoms with Crippen molar-refractivity contribution in [1.82, 2.24) is 5.32 Å². The first-order chi connectivity index (χ1) is 8.16. The van der Waals surface area contributed by atoms with Gasteiger partial charge < -0.3 is 5.32 Å². The number of hydrogen-bond acceptors (Lipinski definition) is 1. The van der Waals surface area contributed by atoms with Gasteiger partial charge in [-0.2, -0.15) is 0 Å². The molecule has 0 aromatic heterocycles. The third kappa shape index (κ3) is 4.16. The average molecular weight is 231 g/mol. The maximum Gasteiger partial charge on any atom is -0.00463 e. The van der Waals surface area contributed by atoms with Gasteiger partial charge in [-0.15, -0.1) is 0 Å². The first-order valence-electron chi connectivity index (χ1n) is 6.90. The summed E-state index contributed by atoms with van der Waals surface area (Å²) in [5, 5.41) is 3.45.